The van der Waals surface area contributed by atoms with Crippen molar-refractivity contribution in [3.8, 4) is 22.4 Å². The third-order valence-electron chi connectivity index (χ3n) is 7.82. The molecule has 2 aliphatic carbocycles. The molecule has 189 valence electrons. The van der Waals surface area contributed by atoms with Crippen molar-refractivity contribution in [2.45, 2.75) is 64.6 Å². The summed E-state index contributed by atoms with van der Waals surface area (Å²) in [5, 5.41) is 20.8. The molecule has 4 unspecified atom stereocenters. The quantitative estimate of drug-likeness (QED) is 0.301. The van der Waals surface area contributed by atoms with Crippen LogP contribution in [0.1, 0.15) is 52.4 Å². The third-order valence-corrected chi connectivity index (χ3v) is 7.82. The van der Waals surface area contributed by atoms with E-state index in [1.165, 1.54) is 31.2 Å². The van der Waals surface area contributed by atoms with Crippen molar-refractivity contribution >= 4 is 0 Å². The fourth-order valence-corrected chi connectivity index (χ4v) is 5.70. The van der Waals surface area contributed by atoms with Crippen LogP contribution in [-0.4, -0.2) is 27.4 Å². The Balaban J connectivity index is 0.000000192. The standard InChI is InChI=1S/C17H12N.C14H26O2.Ir/c1-3-7-14(8-4-1)16-11-12-17(18-13-16)15-9-5-2-6-10-15;1-9-5-3-7-11-8-4-6-10(2)14(16)12(11)13(9)15;/h1-9,11-13H;9-16H,3-8H2,1-2H3;/q-1;;/t;9-,10+,11?,12?,13?,14?;. The molecular weight excluding hydrogens is 611 g/mol. The number of benzene rings is 2. The largest absolute Gasteiger partial charge is 0.392 e. The van der Waals surface area contributed by atoms with Gasteiger partial charge in [0.05, 0.1) is 12.2 Å². The number of aliphatic hydroxyl groups is 2. The van der Waals surface area contributed by atoms with Crippen molar-refractivity contribution in [1.29, 1.82) is 0 Å². The fourth-order valence-electron chi connectivity index (χ4n) is 5.70. The van der Waals surface area contributed by atoms with E-state index in [9.17, 15) is 10.2 Å². The molecule has 35 heavy (non-hydrogen) atoms. The van der Waals surface area contributed by atoms with Gasteiger partial charge in [-0.2, -0.15) is 0 Å². The average Bonchev–Trinajstić information content (AvgIpc) is 3.12. The Bertz CT molecular complexity index is 915. The van der Waals surface area contributed by atoms with Crippen molar-refractivity contribution < 1.29 is 30.3 Å². The summed E-state index contributed by atoms with van der Waals surface area (Å²) in [7, 11) is 0. The van der Waals surface area contributed by atoms with Gasteiger partial charge in [-0.15, -0.1) is 35.9 Å². The molecule has 1 radical (unpaired) electrons. The summed E-state index contributed by atoms with van der Waals surface area (Å²) in [6.45, 7) is 4.27. The maximum Gasteiger partial charge on any atom is 0.0621 e. The van der Waals surface area contributed by atoms with Crippen LogP contribution in [0.4, 0.5) is 0 Å². The molecule has 0 saturated heterocycles. The van der Waals surface area contributed by atoms with Gasteiger partial charge < -0.3 is 15.2 Å². The maximum atomic E-state index is 10.4. The van der Waals surface area contributed by atoms with E-state index < -0.39 is 0 Å². The Morgan fingerprint density at radius 3 is 1.91 bits per heavy atom. The number of hydrogen-bond acceptors (Lipinski definition) is 3. The zero-order valence-corrected chi connectivity index (χ0v) is 23.2. The molecule has 0 bridgehead atoms. The van der Waals surface area contributed by atoms with Crippen molar-refractivity contribution in [1.82, 2.24) is 4.98 Å². The van der Waals surface area contributed by atoms with Gasteiger partial charge in [-0.25, -0.2) is 0 Å². The summed E-state index contributed by atoms with van der Waals surface area (Å²) in [4.78, 5) is 4.49. The number of aromatic nitrogens is 1. The molecule has 2 N–H and O–H groups in total. The van der Waals surface area contributed by atoms with E-state index >= 15 is 0 Å². The van der Waals surface area contributed by atoms with Gasteiger partial charge in [0.2, 0.25) is 0 Å². The summed E-state index contributed by atoms with van der Waals surface area (Å²) in [6, 6.07) is 25.5. The van der Waals surface area contributed by atoms with Gasteiger partial charge in [-0.3, -0.25) is 0 Å². The summed E-state index contributed by atoms with van der Waals surface area (Å²) >= 11 is 0. The van der Waals surface area contributed by atoms with Crippen molar-refractivity contribution in [2.24, 2.45) is 23.7 Å². The second kappa shape index (κ2) is 13.5. The first-order valence-electron chi connectivity index (χ1n) is 12.9. The Kier molecular flexibility index (Phi) is 10.7. The van der Waals surface area contributed by atoms with Crippen LogP contribution < -0.4 is 0 Å². The van der Waals surface area contributed by atoms with Crippen LogP contribution in [0.25, 0.3) is 22.4 Å². The van der Waals surface area contributed by atoms with Crippen LogP contribution in [0, 0.1) is 29.7 Å². The molecule has 2 saturated carbocycles. The smallest absolute Gasteiger partial charge is 0.0621 e. The first-order valence-corrected chi connectivity index (χ1v) is 12.9. The molecule has 1 heterocycles. The number of fused-ring (bicyclic) bond motifs is 1. The molecule has 6 atom stereocenters. The Morgan fingerprint density at radius 2 is 1.37 bits per heavy atom. The van der Waals surface area contributed by atoms with Gasteiger partial charge in [0.15, 0.2) is 0 Å². The molecule has 0 spiro atoms. The minimum atomic E-state index is -0.289. The zero-order chi connectivity index (χ0) is 23.9. The molecule has 1 aromatic heterocycles. The third kappa shape index (κ3) is 7.11. The van der Waals surface area contributed by atoms with E-state index in [2.05, 4.69) is 43.1 Å². The van der Waals surface area contributed by atoms with E-state index in [4.69, 9.17) is 0 Å². The molecule has 5 rings (SSSR count). The van der Waals surface area contributed by atoms with Crippen molar-refractivity contribution in [3.63, 3.8) is 0 Å². The predicted octanol–water partition coefficient (Wildman–Crippen LogP) is 6.79. The second-order valence-electron chi connectivity index (χ2n) is 10.2. The monoisotopic (exact) mass is 649 g/mol. The SMILES string of the molecule is C[C@@H]1CCCC2CCC[C@H](C)C(O)C2C1O.[Ir].[c-]1ccccc1-c1ccc(-c2ccccc2)cn1. The van der Waals surface area contributed by atoms with Crippen LogP contribution in [0.2, 0.25) is 0 Å². The van der Waals surface area contributed by atoms with Crippen LogP contribution in [0.5, 0.6) is 0 Å². The Labute approximate surface area is 224 Å². The summed E-state index contributed by atoms with van der Waals surface area (Å²) in [5.74, 6) is 1.40. The molecule has 0 amide bonds. The molecule has 2 aromatic carbocycles. The van der Waals surface area contributed by atoms with Gasteiger partial charge in [-0.1, -0.05) is 69.2 Å². The Hall–Kier alpha value is -1.84. The molecule has 2 aliphatic rings. The first kappa shape index (κ1) is 27.7. The van der Waals surface area contributed by atoms with Gasteiger partial charge >= 0.3 is 0 Å². The normalized spacial score (nSPS) is 28.2. The van der Waals surface area contributed by atoms with E-state index in [0.29, 0.717) is 17.8 Å². The maximum absolute atomic E-state index is 10.4. The van der Waals surface area contributed by atoms with Crippen molar-refractivity contribution in [2.75, 3.05) is 0 Å². The molecular formula is C31H38IrNO2-. The molecule has 3 nitrogen and oxygen atoms in total. The number of aliphatic hydroxyl groups excluding tert-OH is 2. The van der Waals surface area contributed by atoms with Gasteiger partial charge in [-0.05, 0) is 60.3 Å². The Morgan fingerprint density at radius 1 is 0.743 bits per heavy atom. The van der Waals surface area contributed by atoms with Crippen LogP contribution >= 0.6 is 0 Å². The number of rotatable bonds is 2. The van der Waals surface area contributed by atoms with Gasteiger partial charge in [0.1, 0.15) is 0 Å². The van der Waals surface area contributed by atoms with E-state index in [1.54, 1.807) is 0 Å². The number of pyridine rings is 1. The minimum Gasteiger partial charge on any atom is -0.392 e. The number of nitrogens with zero attached hydrogens (tertiary/aromatic N) is 1. The van der Waals surface area contributed by atoms with Gasteiger partial charge in [0, 0.05) is 32.2 Å². The molecule has 2 fully saturated rings. The topological polar surface area (TPSA) is 53.4 Å². The summed E-state index contributed by atoms with van der Waals surface area (Å²) in [5.41, 5.74) is 4.30. The van der Waals surface area contributed by atoms with E-state index in [-0.39, 0.29) is 38.2 Å². The van der Waals surface area contributed by atoms with Crippen LogP contribution in [0.3, 0.4) is 0 Å². The van der Waals surface area contributed by atoms with Crippen LogP contribution in [-0.2, 0) is 20.1 Å². The van der Waals surface area contributed by atoms with E-state index in [1.807, 2.05) is 54.7 Å². The minimum absolute atomic E-state index is 0. The fraction of sp³-hybridized carbons (Fsp3) is 0.452. The summed E-state index contributed by atoms with van der Waals surface area (Å²) < 4.78 is 0. The predicted molar refractivity (Wildman–Crippen MR) is 139 cm³/mol. The van der Waals surface area contributed by atoms with Crippen molar-refractivity contribution in [3.05, 3.63) is 79.0 Å². The number of hydrogen-bond donors (Lipinski definition) is 2. The average molecular weight is 649 g/mol. The second-order valence-corrected chi connectivity index (χ2v) is 10.2. The first-order chi connectivity index (χ1) is 16.5. The molecule has 4 heteroatoms. The summed E-state index contributed by atoms with van der Waals surface area (Å²) in [6.07, 6.45) is 8.43. The van der Waals surface area contributed by atoms with E-state index in [0.717, 1.165) is 29.7 Å². The van der Waals surface area contributed by atoms with Crippen LogP contribution in [0.15, 0.2) is 72.9 Å². The molecule has 0 aliphatic heterocycles. The zero-order valence-electron chi connectivity index (χ0n) is 20.8. The van der Waals surface area contributed by atoms with Gasteiger partial charge in [0.25, 0.3) is 0 Å². The molecule has 3 aromatic rings.